The molecule has 0 bridgehead atoms. The first kappa shape index (κ1) is 14.2. The second-order valence-electron chi connectivity index (χ2n) is 5.01. The first-order valence-electron chi connectivity index (χ1n) is 6.54. The molecular weight excluding hydrogens is 210 g/mol. The summed E-state index contributed by atoms with van der Waals surface area (Å²) in [6.07, 6.45) is 1.80. The van der Waals surface area contributed by atoms with Crippen LogP contribution in [0.2, 0.25) is 0 Å². The molecule has 1 aromatic rings. The van der Waals surface area contributed by atoms with E-state index in [0.29, 0.717) is 12.5 Å². The summed E-state index contributed by atoms with van der Waals surface area (Å²) in [7, 11) is 0. The van der Waals surface area contributed by atoms with Crippen LogP contribution in [0.25, 0.3) is 0 Å². The summed E-state index contributed by atoms with van der Waals surface area (Å²) >= 11 is 0. The zero-order chi connectivity index (χ0) is 12.8. The van der Waals surface area contributed by atoms with E-state index in [1.807, 2.05) is 0 Å². The number of benzene rings is 1. The molecule has 2 heteroatoms. The third kappa shape index (κ3) is 3.83. The van der Waals surface area contributed by atoms with E-state index in [0.717, 1.165) is 18.4 Å². The molecule has 3 N–H and O–H groups in total. The molecule has 1 aromatic carbocycles. The number of aliphatic hydroxyl groups is 1. The molecule has 0 saturated carbocycles. The molecule has 2 nitrogen and oxygen atoms in total. The monoisotopic (exact) mass is 235 g/mol. The van der Waals surface area contributed by atoms with Crippen molar-refractivity contribution in [2.24, 2.45) is 11.7 Å². The summed E-state index contributed by atoms with van der Waals surface area (Å²) in [5, 5.41) is 10.4. The molecule has 0 radical (unpaired) electrons. The molecule has 1 rings (SSSR count). The average Bonchev–Trinajstić information content (AvgIpc) is 2.32. The molecule has 0 heterocycles. The molecule has 0 aliphatic carbocycles. The zero-order valence-corrected chi connectivity index (χ0v) is 11.2. The van der Waals surface area contributed by atoms with E-state index in [4.69, 9.17) is 5.73 Å². The average molecular weight is 235 g/mol. The molecular formula is C15H25NO. The van der Waals surface area contributed by atoms with Crippen molar-refractivity contribution in [2.75, 3.05) is 6.54 Å². The molecule has 0 spiro atoms. The minimum Gasteiger partial charge on any atom is -0.392 e. The molecule has 0 aliphatic heterocycles. The van der Waals surface area contributed by atoms with Crippen LogP contribution in [0.5, 0.6) is 0 Å². The van der Waals surface area contributed by atoms with Gasteiger partial charge in [-0.05, 0) is 24.8 Å². The molecule has 17 heavy (non-hydrogen) atoms. The van der Waals surface area contributed by atoms with Gasteiger partial charge in [0.25, 0.3) is 0 Å². The summed E-state index contributed by atoms with van der Waals surface area (Å²) in [5.74, 6) is 0.354. The maximum Gasteiger partial charge on any atom is 0.0646 e. The van der Waals surface area contributed by atoms with Crippen LogP contribution in [0.3, 0.4) is 0 Å². The van der Waals surface area contributed by atoms with Crippen molar-refractivity contribution < 1.29 is 5.11 Å². The lowest BCUT2D eigenvalue weighted by Gasteiger charge is -2.27. The second kappa shape index (κ2) is 6.77. The SMILES string of the molecule is CCCC(C)C(O)C(CN)c1ccc(C)cc1. The Hall–Kier alpha value is -0.860. The quantitative estimate of drug-likeness (QED) is 0.796. The van der Waals surface area contributed by atoms with Crippen LogP contribution in [0.15, 0.2) is 24.3 Å². The first-order valence-corrected chi connectivity index (χ1v) is 6.54. The van der Waals surface area contributed by atoms with Gasteiger partial charge in [0.05, 0.1) is 6.10 Å². The Kier molecular flexibility index (Phi) is 5.66. The number of aryl methyl sites for hydroxylation is 1. The maximum absolute atomic E-state index is 10.4. The Balaban J connectivity index is 2.79. The fourth-order valence-electron chi connectivity index (χ4n) is 2.31. The van der Waals surface area contributed by atoms with Crippen molar-refractivity contribution in [2.45, 2.75) is 45.6 Å². The highest BCUT2D eigenvalue weighted by atomic mass is 16.3. The van der Waals surface area contributed by atoms with Crippen molar-refractivity contribution in [3.63, 3.8) is 0 Å². The Labute approximate surface area is 105 Å². The highest BCUT2D eigenvalue weighted by Gasteiger charge is 2.24. The van der Waals surface area contributed by atoms with Crippen molar-refractivity contribution in [1.82, 2.24) is 0 Å². The van der Waals surface area contributed by atoms with Crippen LogP contribution in [0.4, 0.5) is 0 Å². The predicted molar refractivity (Wildman–Crippen MR) is 73.1 cm³/mol. The van der Waals surface area contributed by atoms with Gasteiger partial charge in [-0.3, -0.25) is 0 Å². The first-order chi connectivity index (χ1) is 8.10. The van der Waals surface area contributed by atoms with Gasteiger partial charge in [0.15, 0.2) is 0 Å². The summed E-state index contributed by atoms with van der Waals surface area (Å²) < 4.78 is 0. The van der Waals surface area contributed by atoms with E-state index >= 15 is 0 Å². The normalized spacial score (nSPS) is 16.5. The Bertz CT molecular complexity index is 320. The number of nitrogens with two attached hydrogens (primary N) is 1. The molecule has 0 aliphatic rings. The van der Waals surface area contributed by atoms with Crippen molar-refractivity contribution in [3.8, 4) is 0 Å². The van der Waals surface area contributed by atoms with E-state index in [1.165, 1.54) is 5.56 Å². The fourth-order valence-corrected chi connectivity index (χ4v) is 2.31. The van der Waals surface area contributed by atoms with Gasteiger partial charge >= 0.3 is 0 Å². The Morgan fingerprint density at radius 2 is 1.82 bits per heavy atom. The Morgan fingerprint density at radius 3 is 2.29 bits per heavy atom. The van der Waals surface area contributed by atoms with Crippen LogP contribution in [0, 0.1) is 12.8 Å². The third-order valence-corrected chi connectivity index (χ3v) is 3.50. The molecule has 0 amide bonds. The molecule has 0 saturated heterocycles. The molecule has 0 fully saturated rings. The largest absolute Gasteiger partial charge is 0.392 e. The van der Waals surface area contributed by atoms with E-state index in [1.54, 1.807) is 0 Å². The van der Waals surface area contributed by atoms with E-state index < -0.39 is 0 Å². The predicted octanol–water partition coefficient (Wildman–Crippen LogP) is 2.83. The number of hydrogen-bond donors (Lipinski definition) is 2. The number of aliphatic hydroxyl groups excluding tert-OH is 1. The third-order valence-electron chi connectivity index (χ3n) is 3.50. The molecule has 3 atom stereocenters. The number of rotatable bonds is 6. The van der Waals surface area contributed by atoms with Crippen LogP contribution in [-0.2, 0) is 0 Å². The maximum atomic E-state index is 10.4. The van der Waals surface area contributed by atoms with E-state index in [9.17, 15) is 5.11 Å². The summed E-state index contributed by atoms with van der Waals surface area (Å²) in [6.45, 7) is 6.81. The lowest BCUT2D eigenvalue weighted by molar-refractivity contribution is 0.0859. The van der Waals surface area contributed by atoms with Crippen LogP contribution >= 0.6 is 0 Å². The van der Waals surface area contributed by atoms with Crippen LogP contribution < -0.4 is 5.73 Å². The van der Waals surface area contributed by atoms with Gasteiger partial charge in [-0.15, -0.1) is 0 Å². The lowest BCUT2D eigenvalue weighted by Crippen LogP contribution is -2.31. The molecule has 3 unspecified atom stereocenters. The van der Waals surface area contributed by atoms with Crippen molar-refractivity contribution >= 4 is 0 Å². The molecule has 0 aromatic heterocycles. The van der Waals surface area contributed by atoms with Crippen LogP contribution in [-0.4, -0.2) is 17.8 Å². The van der Waals surface area contributed by atoms with E-state index in [2.05, 4.69) is 45.0 Å². The minimum atomic E-state index is -0.345. The Morgan fingerprint density at radius 1 is 1.24 bits per heavy atom. The highest BCUT2D eigenvalue weighted by Crippen LogP contribution is 2.26. The van der Waals surface area contributed by atoms with Gasteiger partial charge in [0.2, 0.25) is 0 Å². The van der Waals surface area contributed by atoms with Gasteiger partial charge in [-0.1, -0.05) is 50.1 Å². The topological polar surface area (TPSA) is 46.2 Å². The number of hydrogen-bond acceptors (Lipinski definition) is 2. The van der Waals surface area contributed by atoms with Gasteiger partial charge in [-0.25, -0.2) is 0 Å². The van der Waals surface area contributed by atoms with Gasteiger partial charge in [-0.2, -0.15) is 0 Å². The van der Waals surface area contributed by atoms with Crippen molar-refractivity contribution in [1.29, 1.82) is 0 Å². The second-order valence-corrected chi connectivity index (χ2v) is 5.01. The van der Waals surface area contributed by atoms with Crippen LogP contribution in [0.1, 0.15) is 43.7 Å². The van der Waals surface area contributed by atoms with Crippen molar-refractivity contribution in [3.05, 3.63) is 35.4 Å². The summed E-state index contributed by atoms with van der Waals surface area (Å²) in [4.78, 5) is 0. The zero-order valence-electron chi connectivity index (χ0n) is 11.2. The minimum absolute atomic E-state index is 0.0529. The summed E-state index contributed by atoms with van der Waals surface area (Å²) in [5.41, 5.74) is 8.20. The fraction of sp³-hybridized carbons (Fsp3) is 0.600. The lowest BCUT2D eigenvalue weighted by atomic mass is 9.84. The summed E-state index contributed by atoms with van der Waals surface area (Å²) in [6, 6.07) is 8.31. The van der Waals surface area contributed by atoms with Gasteiger partial charge < -0.3 is 10.8 Å². The van der Waals surface area contributed by atoms with Gasteiger partial charge in [0.1, 0.15) is 0 Å². The molecule has 96 valence electrons. The van der Waals surface area contributed by atoms with E-state index in [-0.39, 0.29) is 12.0 Å². The van der Waals surface area contributed by atoms with Gasteiger partial charge in [0, 0.05) is 12.5 Å². The standard InChI is InChI=1S/C15H25NO/c1-4-5-12(3)15(17)14(10-16)13-8-6-11(2)7-9-13/h6-9,12,14-15,17H,4-5,10,16H2,1-3H3. The highest BCUT2D eigenvalue weighted by molar-refractivity contribution is 5.25. The smallest absolute Gasteiger partial charge is 0.0646 e.